The summed E-state index contributed by atoms with van der Waals surface area (Å²) in [5.41, 5.74) is 5.15. The number of benzene rings is 2. The van der Waals surface area contributed by atoms with Gasteiger partial charge in [-0.05, 0) is 54.9 Å². The molecular formula is C19H16N4O2S. The van der Waals surface area contributed by atoms with E-state index in [9.17, 15) is 4.79 Å². The summed E-state index contributed by atoms with van der Waals surface area (Å²) in [5.74, 6) is -0.972. The molecule has 0 atom stereocenters. The zero-order chi connectivity index (χ0) is 18.5. The molecule has 0 unspecified atom stereocenters. The van der Waals surface area contributed by atoms with Crippen molar-refractivity contribution in [2.24, 2.45) is 5.10 Å². The van der Waals surface area contributed by atoms with Gasteiger partial charge in [-0.2, -0.15) is 5.10 Å². The van der Waals surface area contributed by atoms with E-state index in [0.717, 1.165) is 16.5 Å². The first-order valence-electron chi connectivity index (χ1n) is 7.83. The van der Waals surface area contributed by atoms with Crippen LogP contribution in [0.5, 0.6) is 0 Å². The molecule has 6 nitrogen and oxygen atoms in total. The quantitative estimate of drug-likeness (QED) is 0.372. The SMILES string of the molecule is CC(=NNC(=S)Nc1ccc(C(=O)O)cc1)c1nccc2ccccc12. The predicted molar refractivity (Wildman–Crippen MR) is 107 cm³/mol. The predicted octanol–water partition coefficient (Wildman–Crippen LogP) is 3.64. The van der Waals surface area contributed by atoms with Crippen LogP contribution in [-0.2, 0) is 0 Å². The zero-order valence-corrected chi connectivity index (χ0v) is 14.7. The maximum atomic E-state index is 10.9. The summed E-state index contributed by atoms with van der Waals surface area (Å²) in [6, 6.07) is 16.2. The Morgan fingerprint density at radius 3 is 2.58 bits per heavy atom. The Morgan fingerprint density at radius 1 is 1.12 bits per heavy atom. The van der Waals surface area contributed by atoms with Crippen LogP contribution in [0.2, 0.25) is 0 Å². The number of carboxylic acids is 1. The first-order valence-corrected chi connectivity index (χ1v) is 8.24. The maximum absolute atomic E-state index is 10.9. The Labute approximate surface area is 155 Å². The molecule has 0 aliphatic heterocycles. The lowest BCUT2D eigenvalue weighted by Crippen LogP contribution is -2.25. The van der Waals surface area contributed by atoms with Gasteiger partial charge in [0.25, 0.3) is 0 Å². The van der Waals surface area contributed by atoms with Gasteiger partial charge in [-0.3, -0.25) is 10.4 Å². The second-order valence-corrected chi connectivity index (χ2v) is 5.93. The van der Waals surface area contributed by atoms with Crippen LogP contribution < -0.4 is 10.7 Å². The standard InChI is InChI=1S/C19H16N4O2S/c1-12(17-16-5-3-2-4-13(16)10-11-20-17)22-23-19(26)21-15-8-6-14(7-9-15)18(24)25/h2-11H,1H3,(H,24,25)(H2,21,23,26). The van der Waals surface area contributed by atoms with Crippen LogP contribution in [0, 0.1) is 0 Å². The smallest absolute Gasteiger partial charge is 0.335 e. The molecule has 3 rings (SSSR count). The van der Waals surface area contributed by atoms with Crippen LogP contribution >= 0.6 is 12.2 Å². The number of aromatic carboxylic acids is 1. The molecule has 0 spiro atoms. The van der Waals surface area contributed by atoms with E-state index in [-0.39, 0.29) is 5.56 Å². The van der Waals surface area contributed by atoms with Crippen molar-refractivity contribution < 1.29 is 9.90 Å². The van der Waals surface area contributed by atoms with Gasteiger partial charge in [-0.25, -0.2) is 4.79 Å². The number of anilines is 1. The zero-order valence-electron chi connectivity index (χ0n) is 13.9. The first kappa shape index (κ1) is 17.5. The Hall–Kier alpha value is -3.32. The molecule has 3 N–H and O–H groups in total. The van der Waals surface area contributed by atoms with Gasteiger partial charge < -0.3 is 10.4 Å². The Kier molecular flexibility index (Phi) is 5.19. The number of hydrazone groups is 1. The third-order valence-corrected chi connectivity index (χ3v) is 3.92. The van der Waals surface area contributed by atoms with Crippen molar-refractivity contribution >= 4 is 45.5 Å². The normalized spacial score (nSPS) is 11.2. The molecular weight excluding hydrogens is 348 g/mol. The van der Waals surface area contributed by atoms with E-state index in [1.165, 1.54) is 12.1 Å². The number of fused-ring (bicyclic) bond motifs is 1. The van der Waals surface area contributed by atoms with Gasteiger partial charge in [0, 0.05) is 17.3 Å². The minimum atomic E-state index is -0.972. The molecule has 2 aromatic carbocycles. The van der Waals surface area contributed by atoms with Crippen LogP contribution in [0.3, 0.4) is 0 Å². The van der Waals surface area contributed by atoms with Gasteiger partial charge in [-0.1, -0.05) is 24.3 Å². The highest BCUT2D eigenvalue weighted by Gasteiger charge is 2.06. The highest BCUT2D eigenvalue weighted by Crippen LogP contribution is 2.16. The van der Waals surface area contributed by atoms with Crippen molar-refractivity contribution in [3.8, 4) is 0 Å². The number of thiocarbonyl (C=S) groups is 1. The van der Waals surface area contributed by atoms with Crippen molar-refractivity contribution in [3.05, 3.63) is 72.1 Å². The van der Waals surface area contributed by atoms with Crippen LogP contribution in [0.25, 0.3) is 10.8 Å². The first-order chi connectivity index (χ1) is 12.5. The van der Waals surface area contributed by atoms with E-state index in [0.29, 0.717) is 16.5 Å². The largest absolute Gasteiger partial charge is 0.478 e. The van der Waals surface area contributed by atoms with E-state index >= 15 is 0 Å². The molecule has 0 amide bonds. The van der Waals surface area contributed by atoms with Gasteiger partial charge in [0.05, 0.1) is 17.0 Å². The number of pyridine rings is 1. The lowest BCUT2D eigenvalue weighted by atomic mass is 10.1. The molecule has 0 bridgehead atoms. The summed E-state index contributed by atoms with van der Waals surface area (Å²) < 4.78 is 0. The molecule has 0 radical (unpaired) electrons. The van der Waals surface area contributed by atoms with Crippen LogP contribution in [0.4, 0.5) is 5.69 Å². The molecule has 0 saturated heterocycles. The molecule has 1 heterocycles. The van der Waals surface area contributed by atoms with E-state index in [2.05, 4.69) is 20.8 Å². The van der Waals surface area contributed by atoms with Gasteiger partial charge in [0.15, 0.2) is 5.11 Å². The summed E-state index contributed by atoms with van der Waals surface area (Å²) in [6.45, 7) is 1.85. The fourth-order valence-electron chi connectivity index (χ4n) is 2.45. The maximum Gasteiger partial charge on any atom is 0.335 e. The number of nitrogens with zero attached hydrogens (tertiary/aromatic N) is 2. The molecule has 0 aliphatic carbocycles. The van der Waals surface area contributed by atoms with Crippen molar-refractivity contribution in [1.82, 2.24) is 10.4 Å². The van der Waals surface area contributed by atoms with Gasteiger partial charge in [-0.15, -0.1) is 0 Å². The highest BCUT2D eigenvalue weighted by atomic mass is 32.1. The van der Waals surface area contributed by atoms with Crippen molar-refractivity contribution in [2.45, 2.75) is 6.92 Å². The Morgan fingerprint density at radius 2 is 1.85 bits per heavy atom. The molecule has 1 aromatic heterocycles. The van der Waals surface area contributed by atoms with Crippen molar-refractivity contribution in [2.75, 3.05) is 5.32 Å². The van der Waals surface area contributed by atoms with Gasteiger partial charge in [0.1, 0.15) is 0 Å². The number of aromatic nitrogens is 1. The van der Waals surface area contributed by atoms with E-state index in [1.54, 1.807) is 18.3 Å². The number of hydrogen-bond donors (Lipinski definition) is 3. The van der Waals surface area contributed by atoms with Crippen LogP contribution in [-0.4, -0.2) is 26.9 Å². The van der Waals surface area contributed by atoms with E-state index in [1.807, 2.05) is 37.3 Å². The minimum Gasteiger partial charge on any atom is -0.478 e. The lowest BCUT2D eigenvalue weighted by molar-refractivity contribution is 0.0697. The second kappa shape index (κ2) is 7.71. The van der Waals surface area contributed by atoms with E-state index in [4.69, 9.17) is 17.3 Å². The van der Waals surface area contributed by atoms with Crippen molar-refractivity contribution in [1.29, 1.82) is 0 Å². The topological polar surface area (TPSA) is 86.6 Å². The minimum absolute atomic E-state index is 0.213. The number of rotatable bonds is 4. The van der Waals surface area contributed by atoms with Crippen LogP contribution in [0.15, 0.2) is 65.9 Å². The van der Waals surface area contributed by atoms with Crippen LogP contribution in [0.1, 0.15) is 23.0 Å². The molecule has 0 fully saturated rings. The lowest BCUT2D eigenvalue weighted by Gasteiger charge is -2.09. The van der Waals surface area contributed by atoms with Gasteiger partial charge in [0.2, 0.25) is 0 Å². The van der Waals surface area contributed by atoms with Crippen molar-refractivity contribution in [3.63, 3.8) is 0 Å². The molecule has 26 heavy (non-hydrogen) atoms. The fraction of sp³-hybridized carbons (Fsp3) is 0.0526. The fourth-order valence-corrected chi connectivity index (χ4v) is 2.61. The molecule has 3 aromatic rings. The summed E-state index contributed by atoms with van der Waals surface area (Å²) in [4.78, 5) is 15.3. The number of carboxylic acid groups (broad SMARTS) is 1. The van der Waals surface area contributed by atoms with E-state index < -0.39 is 5.97 Å². The number of nitrogens with one attached hydrogen (secondary N) is 2. The monoisotopic (exact) mass is 364 g/mol. The summed E-state index contributed by atoms with van der Waals surface area (Å²) >= 11 is 5.22. The molecule has 0 saturated carbocycles. The second-order valence-electron chi connectivity index (χ2n) is 5.53. The highest BCUT2D eigenvalue weighted by molar-refractivity contribution is 7.80. The summed E-state index contributed by atoms with van der Waals surface area (Å²) in [7, 11) is 0. The summed E-state index contributed by atoms with van der Waals surface area (Å²) in [6.07, 6.45) is 1.75. The Balaban J connectivity index is 1.70. The molecule has 0 aliphatic rings. The third kappa shape index (κ3) is 4.01. The average molecular weight is 364 g/mol. The summed E-state index contributed by atoms with van der Waals surface area (Å²) in [5, 5.41) is 18.6. The number of hydrogen-bond acceptors (Lipinski definition) is 4. The molecule has 7 heteroatoms. The Bertz CT molecular complexity index is 995. The third-order valence-electron chi connectivity index (χ3n) is 3.73. The number of carbonyl (C=O) groups is 1. The average Bonchev–Trinajstić information content (AvgIpc) is 2.66. The van der Waals surface area contributed by atoms with Gasteiger partial charge >= 0.3 is 5.97 Å². The molecule has 130 valence electrons.